The molecule has 0 fully saturated rings. The Bertz CT molecular complexity index is 1130. The Morgan fingerprint density at radius 1 is 0.929 bits per heavy atom. The Morgan fingerprint density at radius 2 is 1.71 bits per heavy atom. The fourth-order valence-electron chi connectivity index (χ4n) is 3.93. The smallest absolute Gasteiger partial charge is 0.259 e. The number of nitrogens with one attached hydrogen (secondary N) is 1. The van der Waals surface area contributed by atoms with Crippen LogP contribution in [-0.2, 0) is 6.54 Å². The maximum Gasteiger partial charge on any atom is 0.259 e. The Morgan fingerprint density at radius 3 is 2.57 bits per heavy atom. The second-order valence-electron chi connectivity index (χ2n) is 6.97. The number of H-pyrrole nitrogens is 1. The normalized spacial score (nSPS) is 13.6. The van der Waals surface area contributed by atoms with Gasteiger partial charge in [-0.2, -0.15) is 0 Å². The lowest BCUT2D eigenvalue weighted by atomic mass is 10.0. The van der Waals surface area contributed by atoms with Crippen LogP contribution in [0.3, 0.4) is 0 Å². The van der Waals surface area contributed by atoms with Gasteiger partial charge in [0.25, 0.3) is 5.91 Å². The highest BCUT2D eigenvalue weighted by Gasteiger charge is 2.28. The van der Waals surface area contributed by atoms with Gasteiger partial charge in [-0.15, -0.1) is 0 Å². The van der Waals surface area contributed by atoms with E-state index in [0.717, 1.165) is 46.5 Å². The molecule has 0 spiro atoms. The number of hydrogen-bond donors (Lipinski definition) is 1. The Kier molecular flexibility index (Phi) is 4.05. The molecular formula is C23H20N4O. The van der Waals surface area contributed by atoms with Crippen LogP contribution < -0.4 is 9.80 Å². The number of nitrogens with zero attached hydrogens (tertiary/aromatic N) is 3. The maximum atomic E-state index is 13.5. The SMILES string of the molecule is O=C(c1cccc2ccccc12)N1CCN(Cc2cnc[nH]2)c2ccccc21. The minimum absolute atomic E-state index is 0.0467. The number of aromatic amines is 1. The van der Waals surface area contributed by atoms with Gasteiger partial charge in [-0.05, 0) is 29.0 Å². The second-order valence-corrected chi connectivity index (χ2v) is 6.97. The van der Waals surface area contributed by atoms with Crippen LogP contribution in [-0.4, -0.2) is 29.0 Å². The number of carbonyl (C=O) groups excluding carboxylic acids is 1. The quantitative estimate of drug-likeness (QED) is 0.589. The van der Waals surface area contributed by atoms with Crippen molar-refractivity contribution in [1.29, 1.82) is 0 Å². The molecule has 1 aliphatic heterocycles. The summed E-state index contributed by atoms with van der Waals surface area (Å²) < 4.78 is 0. The highest BCUT2D eigenvalue weighted by Crippen LogP contribution is 2.35. The number of benzene rings is 3. The van der Waals surface area contributed by atoms with Crippen molar-refractivity contribution in [1.82, 2.24) is 9.97 Å². The van der Waals surface area contributed by atoms with Crippen LogP contribution in [0.2, 0.25) is 0 Å². The molecule has 0 bridgehead atoms. The third-order valence-corrected chi connectivity index (χ3v) is 5.29. The number of anilines is 2. The van der Waals surface area contributed by atoms with Gasteiger partial charge in [-0.3, -0.25) is 4.79 Å². The van der Waals surface area contributed by atoms with E-state index in [4.69, 9.17) is 0 Å². The van der Waals surface area contributed by atoms with E-state index in [0.29, 0.717) is 6.54 Å². The summed E-state index contributed by atoms with van der Waals surface area (Å²) in [7, 11) is 0. The molecule has 0 unspecified atom stereocenters. The predicted molar refractivity (Wildman–Crippen MR) is 112 cm³/mol. The highest BCUT2D eigenvalue weighted by atomic mass is 16.2. The first-order chi connectivity index (χ1) is 13.8. The standard InChI is InChI=1S/C23H20N4O/c28-23(20-9-5-7-17-6-1-2-8-19(17)20)27-13-12-26(15-18-14-24-16-25-18)21-10-3-4-11-22(21)27/h1-11,14,16H,12-13,15H2,(H,24,25). The third-order valence-electron chi connectivity index (χ3n) is 5.29. The van der Waals surface area contributed by atoms with Crippen LogP contribution in [0.15, 0.2) is 79.3 Å². The number of aromatic nitrogens is 2. The summed E-state index contributed by atoms with van der Waals surface area (Å²) >= 11 is 0. The minimum Gasteiger partial charge on any atom is -0.362 e. The number of imidazole rings is 1. The van der Waals surface area contributed by atoms with Crippen LogP contribution in [0.25, 0.3) is 10.8 Å². The van der Waals surface area contributed by atoms with E-state index in [-0.39, 0.29) is 5.91 Å². The van der Waals surface area contributed by atoms with Gasteiger partial charge in [0, 0.05) is 24.8 Å². The fraction of sp³-hybridized carbons (Fsp3) is 0.130. The van der Waals surface area contributed by atoms with Gasteiger partial charge >= 0.3 is 0 Å². The molecule has 28 heavy (non-hydrogen) atoms. The summed E-state index contributed by atoms with van der Waals surface area (Å²) in [4.78, 5) is 25.0. The second kappa shape index (κ2) is 6.85. The van der Waals surface area contributed by atoms with Crippen molar-refractivity contribution in [3.8, 4) is 0 Å². The van der Waals surface area contributed by atoms with Crippen LogP contribution in [0.4, 0.5) is 11.4 Å². The minimum atomic E-state index is 0.0467. The van der Waals surface area contributed by atoms with Crippen molar-refractivity contribution in [2.24, 2.45) is 0 Å². The molecule has 0 atom stereocenters. The molecule has 4 aromatic rings. The van der Waals surface area contributed by atoms with E-state index in [2.05, 4.69) is 20.9 Å². The molecule has 2 heterocycles. The molecule has 0 aliphatic carbocycles. The first kappa shape index (κ1) is 16.6. The highest BCUT2D eigenvalue weighted by molar-refractivity contribution is 6.15. The first-order valence-corrected chi connectivity index (χ1v) is 9.42. The maximum absolute atomic E-state index is 13.5. The van der Waals surface area contributed by atoms with E-state index >= 15 is 0 Å². The van der Waals surface area contributed by atoms with Gasteiger partial charge in [0.1, 0.15) is 0 Å². The zero-order valence-electron chi connectivity index (χ0n) is 15.4. The molecule has 0 radical (unpaired) electrons. The summed E-state index contributed by atoms with van der Waals surface area (Å²) in [6.45, 7) is 2.16. The third kappa shape index (κ3) is 2.81. The lowest BCUT2D eigenvalue weighted by Gasteiger charge is -2.37. The molecule has 1 aliphatic rings. The largest absolute Gasteiger partial charge is 0.362 e. The van der Waals surface area contributed by atoms with Crippen molar-refractivity contribution < 1.29 is 4.79 Å². The van der Waals surface area contributed by atoms with Gasteiger partial charge in [-0.1, -0.05) is 48.5 Å². The van der Waals surface area contributed by atoms with Crippen molar-refractivity contribution in [3.05, 3.63) is 90.5 Å². The Labute approximate surface area is 163 Å². The van der Waals surface area contributed by atoms with E-state index in [1.165, 1.54) is 0 Å². The van der Waals surface area contributed by atoms with Crippen molar-refractivity contribution in [3.63, 3.8) is 0 Å². The summed E-state index contributed by atoms with van der Waals surface area (Å²) in [5.41, 5.74) is 3.82. The van der Waals surface area contributed by atoms with E-state index in [1.807, 2.05) is 71.8 Å². The molecule has 0 saturated heterocycles. The van der Waals surface area contributed by atoms with Crippen LogP contribution in [0.5, 0.6) is 0 Å². The summed E-state index contributed by atoms with van der Waals surface area (Å²) in [5, 5.41) is 2.08. The van der Waals surface area contributed by atoms with Gasteiger partial charge < -0.3 is 14.8 Å². The fourth-order valence-corrected chi connectivity index (χ4v) is 3.93. The topological polar surface area (TPSA) is 52.2 Å². The van der Waals surface area contributed by atoms with Crippen LogP contribution >= 0.6 is 0 Å². The summed E-state index contributed by atoms with van der Waals surface area (Å²) in [6, 6.07) is 22.1. The molecule has 5 nitrogen and oxygen atoms in total. The van der Waals surface area contributed by atoms with E-state index < -0.39 is 0 Å². The van der Waals surface area contributed by atoms with Gasteiger partial charge in [0.05, 0.1) is 29.9 Å². The van der Waals surface area contributed by atoms with Gasteiger partial charge in [-0.25, -0.2) is 4.98 Å². The molecule has 5 heteroatoms. The number of amides is 1. The molecule has 5 rings (SSSR count). The summed E-state index contributed by atoms with van der Waals surface area (Å²) in [5.74, 6) is 0.0467. The van der Waals surface area contributed by atoms with E-state index in [9.17, 15) is 4.79 Å². The summed E-state index contributed by atoms with van der Waals surface area (Å²) in [6.07, 6.45) is 3.54. The predicted octanol–water partition coefficient (Wildman–Crippen LogP) is 4.23. The van der Waals surface area contributed by atoms with Gasteiger partial charge in [0.2, 0.25) is 0 Å². The number of fused-ring (bicyclic) bond motifs is 2. The van der Waals surface area contributed by atoms with Crippen molar-refractivity contribution in [2.75, 3.05) is 22.9 Å². The number of para-hydroxylation sites is 2. The monoisotopic (exact) mass is 368 g/mol. The number of rotatable bonds is 3. The van der Waals surface area contributed by atoms with E-state index in [1.54, 1.807) is 6.33 Å². The van der Waals surface area contributed by atoms with Crippen LogP contribution in [0.1, 0.15) is 16.1 Å². The lowest BCUT2D eigenvalue weighted by Crippen LogP contribution is -2.44. The molecular weight excluding hydrogens is 348 g/mol. The number of carbonyl (C=O) groups is 1. The molecule has 138 valence electrons. The van der Waals surface area contributed by atoms with Crippen LogP contribution in [0, 0.1) is 0 Å². The Balaban J connectivity index is 1.52. The molecule has 1 aromatic heterocycles. The molecule has 0 saturated carbocycles. The van der Waals surface area contributed by atoms with Gasteiger partial charge in [0.15, 0.2) is 0 Å². The average molecular weight is 368 g/mol. The first-order valence-electron chi connectivity index (χ1n) is 9.42. The average Bonchev–Trinajstić information content (AvgIpc) is 3.26. The zero-order chi connectivity index (χ0) is 18.9. The molecule has 1 N–H and O–H groups in total. The lowest BCUT2D eigenvalue weighted by molar-refractivity contribution is 0.0988. The number of hydrogen-bond acceptors (Lipinski definition) is 3. The van der Waals surface area contributed by atoms with Crippen molar-refractivity contribution >= 4 is 28.1 Å². The molecule has 3 aromatic carbocycles. The molecule has 1 amide bonds. The van der Waals surface area contributed by atoms with Crippen molar-refractivity contribution in [2.45, 2.75) is 6.54 Å². The Hall–Kier alpha value is -3.60. The zero-order valence-corrected chi connectivity index (χ0v) is 15.4.